The summed E-state index contributed by atoms with van der Waals surface area (Å²) in [7, 11) is -2.31. The molecule has 0 unspecified atom stereocenters. The molecule has 0 aromatic heterocycles. The molecule has 0 fully saturated rings. The maximum Gasteiger partial charge on any atom is 0.321 e. The highest BCUT2D eigenvalue weighted by atomic mass is 35.5. The summed E-state index contributed by atoms with van der Waals surface area (Å²) in [5.74, 6) is -0.500. The molecule has 2 amide bonds. The van der Waals surface area contributed by atoms with E-state index < -0.39 is 21.9 Å². The molecular formula is C15H15ClFN3O3S. The minimum atomic E-state index is -3.79. The van der Waals surface area contributed by atoms with Crippen LogP contribution in [0.3, 0.4) is 0 Å². The van der Waals surface area contributed by atoms with E-state index in [1.54, 1.807) is 0 Å². The first-order valence-corrected chi connectivity index (χ1v) is 8.69. The van der Waals surface area contributed by atoms with Crippen LogP contribution in [0.1, 0.15) is 5.56 Å². The van der Waals surface area contributed by atoms with E-state index in [1.807, 2.05) is 0 Å². The number of hydrogen-bond acceptors (Lipinski definition) is 3. The Bertz CT molecular complexity index is 837. The molecule has 0 aliphatic heterocycles. The maximum atomic E-state index is 13.7. The monoisotopic (exact) mass is 371 g/mol. The van der Waals surface area contributed by atoms with Gasteiger partial charge in [0.15, 0.2) is 0 Å². The third kappa shape index (κ3) is 4.44. The number of halogens is 2. The molecule has 2 rings (SSSR count). The molecule has 0 spiro atoms. The van der Waals surface area contributed by atoms with Crippen LogP contribution in [0, 0.1) is 5.82 Å². The molecule has 0 saturated carbocycles. The SMILES string of the molecule is CN(Cc1c(F)cccc1Cl)C(=O)Nc1ccc(S(N)(=O)=O)cc1. The van der Waals surface area contributed by atoms with Crippen LogP contribution >= 0.6 is 11.6 Å². The van der Waals surface area contributed by atoms with Gasteiger partial charge in [0.05, 0.1) is 11.4 Å². The summed E-state index contributed by atoms with van der Waals surface area (Å²) in [6.45, 7) is -0.0212. The van der Waals surface area contributed by atoms with Crippen molar-refractivity contribution in [2.45, 2.75) is 11.4 Å². The normalized spacial score (nSPS) is 11.2. The van der Waals surface area contributed by atoms with Crippen molar-refractivity contribution in [2.75, 3.05) is 12.4 Å². The average Bonchev–Trinajstić information content (AvgIpc) is 2.50. The molecule has 128 valence electrons. The Hall–Kier alpha value is -2.16. The largest absolute Gasteiger partial charge is 0.323 e. The topological polar surface area (TPSA) is 92.5 Å². The van der Waals surface area contributed by atoms with Gasteiger partial charge in [-0.1, -0.05) is 17.7 Å². The molecular weight excluding hydrogens is 357 g/mol. The number of hydrogen-bond donors (Lipinski definition) is 2. The van der Waals surface area contributed by atoms with E-state index in [9.17, 15) is 17.6 Å². The van der Waals surface area contributed by atoms with Gasteiger partial charge >= 0.3 is 6.03 Å². The molecule has 2 aromatic rings. The van der Waals surface area contributed by atoms with Crippen molar-refractivity contribution in [1.29, 1.82) is 0 Å². The van der Waals surface area contributed by atoms with Crippen LogP contribution in [-0.2, 0) is 16.6 Å². The molecule has 0 bridgehead atoms. The second kappa shape index (κ2) is 7.16. The van der Waals surface area contributed by atoms with Gasteiger partial charge in [0.2, 0.25) is 10.0 Å². The number of anilines is 1. The number of primary sulfonamides is 1. The second-order valence-electron chi connectivity index (χ2n) is 5.06. The number of nitrogens with one attached hydrogen (secondary N) is 1. The van der Waals surface area contributed by atoms with E-state index >= 15 is 0 Å². The van der Waals surface area contributed by atoms with Crippen molar-refractivity contribution in [3.8, 4) is 0 Å². The van der Waals surface area contributed by atoms with Crippen LogP contribution in [0.25, 0.3) is 0 Å². The van der Waals surface area contributed by atoms with Crippen molar-refractivity contribution >= 4 is 33.3 Å². The van der Waals surface area contributed by atoms with Gasteiger partial charge in [-0.2, -0.15) is 0 Å². The minimum absolute atomic E-state index is 0.0212. The molecule has 0 heterocycles. The van der Waals surface area contributed by atoms with Crippen molar-refractivity contribution < 1.29 is 17.6 Å². The van der Waals surface area contributed by atoms with Gasteiger partial charge in [0, 0.05) is 23.3 Å². The third-order valence-electron chi connectivity index (χ3n) is 3.24. The average molecular weight is 372 g/mol. The number of sulfonamides is 1. The van der Waals surface area contributed by atoms with Crippen LogP contribution in [0.2, 0.25) is 5.02 Å². The minimum Gasteiger partial charge on any atom is -0.323 e. The van der Waals surface area contributed by atoms with Crippen LogP contribution in [0.4, 0.5) is 14.9 Å². The summed E-state index contributed by atoms with van der Waals surface area (Å²) < 4.78 is 36.1. The molecule has 0 radical (unpaired) electrons. The molecule has 3 N–H and O–H groups in total. The zero-order valence-corrected chi connectivity index (χ0v) is 14.2. The number of urea groups is 1. The molecule has 6 nitrogen and oxygen atoms in total. The standard InChI is InChI=1S/C15H15ClFN3O3S/c1-20(9-12-13(16)3-2-4-14(12)17)15(21)19-10-5-7-11(8-6-10)24(18,22)23/h2-8H,9H2,1H3,(H,19,21)(H2,18,22,23). The Balaban J connectivity index is 2.06. The van der Waals surface area contributed by atoms with Crippen molar-refractivity contribution in [1.82, 2.24) is 4.90 Å². The quantitative estimate of drug-likeness (QED) is 0.865. The Kier molecular flexibility index (Phi) is 5.43. The highest BCUT2D eigenvalue weighted by molar-refractivity contribution is 7.89. The molecule has 24 heavy (non-hydrogen) atoms. The van der Waals surface area contributed by atoms with E-state index in [1.165, 1.54) is 54.4 Å². The molecule has 0 aliphatic rings. The summed E-state index contributed by atoms with van der Waals surface area (Å²) in [5.41, 5.74) is 0.584. The summed E-state index contributed by atoms with van der Waals surface area (Å²) >= 11 is 5.93. The lowest BCUT2D eigenvalue weighted by Gasteiger charge is -2.19. The lowest BCUT2D eigenvalue weighted by atomic mass is 10.2. The summed E-state index contributed by atoms with van der Waals surface area (Å²) in [6.07, 6.45) is 0. The molecule has 0 aliphatic carbocycles. The highest BCUT2D eigenvalue weighted by Gasteiger charge is 2.15. The molecule has 2 aromatic carbocycles. The van der Waals surface area contributed by atoms with Gasteiger partial charge in [-0.05, 0) is 36.4 Å². The number of rotatable bonds is 4. The fourth-order valence-electron chi connectivity index (χ4n) is 1.94. The van der Waals surface area contributed by atoms with E-state index in [0.29, 0.717) is 5.69 Å². The van der Waals surface area contributed by atoms with Gasteiger partial charge < -0.3 is 10.2 Å². The number of amides is 2. The van der Waals surface area contributed by atoms with Crippen LogP contribution in [-0.4, -0.2) is 26.4 Å². The number of nitrogens with zero attached hydrogens (tertiary/aromatic N) is 1. The summed E-state index contributed by atoms with van der Waals surface area (Å²) in [6, 6.07) is 9.14. The zero-order valence-electron chi connectivity index (χ0n) is 12.7. The first-order chi connectivity index (χ1) is 11.2. The summed E-state index contributed by atoms with van der Waals surface area (Å²) in [5, 5.41) is 7.79. The van der Waals surface area contributed by atoms with Gasteiger partial charge in [0.1, 0.15) is 5.82 Å². The predicted molar refractivity (Wildman–Crippen MR) is 89.7 cm³/mol. The van der Waals surface area contributed by atoms with Gasteiger partial charge in [-0.3, -0.25) is 0 Å². The number of nitrogens with two attached hydrogens (primary N) is 1. The third-order valence-corrected chi connectivity index (χ3v) is 4.52. The predicted octanol–water partition coefficient (Wildman–Crippen LogP) is 2.79. The highest BCUT2D eigenvalue weighted by Crippen LogP contribution is 2.21. The van der Waals surface area contributed by atoms with E-state index in [-0.39, 0.29) is 22.0 Å². The van der Waals surface area contributed by atoms with Crippen LogP contribution in [0.5, 0.6) is 0 Å². The Morgan fingerprint density at radius 1 is 1.25 bits per heavy atom. The van der Waals surface area contributed by atoms with E-state index in [4.69, 9.17) is 16.7 Å². The van der Waals surface area contributed by atoms with Gasteiger partial charge in [0.25, 0.3) is 0 Å². The second-order valence-corrected chi connectivity index (χ2v) is 7.02. The van der Waals surface area contributed by atoms with E-state index in [0.717, 1.165) is 0 Å². The first kappa shape index (κ1) is 18.2. The smallest absolute Gasteiger partial charge is 0.321 e. The van der Waals surface area contributed by atoms with Gasteiger partial charge in [-0.25, -0.2) is 22.7 Å². The number of benzene rings is 2. The first-order valence-electron chi connectivity index (χ1n) is 6.76. The fourth-order valence-corrected chi connectivity index (χ4v) is 2.68. The Labute approximate surface area is 144 Å². The van der Waals surface area contributed by atoms with Crippen molar-refractivity contribution in [3.05, 3.63) is 58.9 Å². The lowest BCUT2D eigenvalue weighted by Crippen LogP contribution is -2.31. The van der Waals surface area contributed by atoms with Crippen molar-refractivity contribution in [3.63, 3.8) is 0 Å². The van der Waals surface area contributed by atoms with Gasteiger partial charge in [-0.15, -0.1) is 0 Å². The number of carbonyl (C=O) groups is 1. The lowest BCUT2D eigenvalue weighted by molar-refractivity contribution is 0.220. The zero-order chi connectivity index (χ0) is 17.9. The molecule has 9 heteroatoms. The van der Waals surface area contributed by atoms with Crippen LogP contribution in [0.15, 0.2) is 47.4 Å². The maximum absolute atomic E-state index is 13.7. The fraction of sp³-hybridized carbons (Fsp3) is 0.133. The summed E-state index contributed by atoms with van der Waals surface area (Å²) in [4.78, 5) is 13.3. The molecule has 0 atom stereocenters. The Morgan fingerprint density at radius 3 is 2.42 bits per heavy atom. The number of carbonyl (C=O) groups excluding carboxylic acids is 1. The van der Waals surface area contributed by atoms with E-state index in [2.05, 4.69) is 5.32 Å². The Morgan fingerprint density at radius 2 is 1.88 bits per heavy atom. The van der Waals surface area contributed by atoms with Crippen molar-refractivity contribution in [2.24, 2.45) is 5.14 Å². The van der Waals surface area contributed by atoms with Crippen LogP contribution < -0.4 is 10.5 Å². The molecule has 0 saturated heterocycles.